The molecule has 0 amide bonds. The van der Waals surface area contributed by atoms with Crippen LogP contribution in [0.2, 0.25) is 0 Å². The third-order valence-electron chi connectivity index (χ3n) is 6.09. The highest BCUT2D eigenvalue weighted by Gasteiger charge is 2.31. The number of halogens is 4. The lowest BCUT2D eigenvalue weighted by atomic mass is 10.1. The summed E-state index contributed by atoms with van der Waals surface area (Å²) in [6, 6.07) is 8.00. The van der Waals surface area contributed by atoms with Crippen LogP contribution >= 0.6 is 0 Å². The van der Waals surface area contributed by atoms with E-state index in [-0.39, 0.29) is 28.8 Å². The molecule has 5 rings (SSSR count). The van der Waals surface area contributed by atoms with E-state index in [1.54, 1.807) is 36.0 Å². The molecule has 1 saturated heterocycles. The Morgan fingerprint density at radius 3 is 2.45 bits per heavy atom. The Bertz CT molecular complexity index is 1570. The van der Waals surface area contributed by atoms with Crippen LogP contribution in [0.5, 0.6) is 0 Å². The van der Waals surface area contributed by atoms with Gasteiger partial charge >= 0.3 is 6.18 Å². The zero-order chi connectivity index (χ0) is 28.4. The molecule has 0 saturated carbocycles. The summed E-state index contributed by atoms with van der Waals surface area (Å²) in [4.78, 5) is 28.5. The molecule has 1 N–H and O–H groups in total. The van der Waals surface area contributed by atoms with Crippen molar-refractivity contribution in [2.24, 2.45) is 0 Å². The van der Waals surface area contributed by atoms with Crippen molar-refractivity contribution in [3.05, 3.63) is 76.6 Å². The van der Waals surface area contributed by atoms with Crippen molar-refractivity contribution < 1.29 is 22.3 Å². The van der Waals surface area contributed by atoms with Crippen molar-refractivity contribution in [2.75, 3.05) is 55.5 Å². The number of nitrogens with one attached hydrogen (secondary N) is 1. The van der Waals surface area contributed by atoms with Gasteiger partial charge in [0.2, 0.25) is 5.43 Å². The van der Waals surface area contributed by atoms with E-state index in [1.165, 1.54) is 29.2 Å². The molecular formula is C26H24F4N8O2. The first-order valence-electron chi connectivity index (χ1n) is 12.2. The standard InChI is InChI=1S/C26H24F4N8O2/c1-36(2)19-12-16(26(28,29)30)11-18(13-19)33-17-3-4-21(31-14-17)23-22(39)5-6-38(35-23)25-32-15-20(27)24(34-25)37-7-9-40-10-8-37/h3-6,11-15,33H,7-10H2,1-2H3. The van der Waals surface area contributed by atoms with Gasteiger partial charge in [0, 0.05) is 50.8 Å². The van der Waals surface area contributed by atoms with Crippen LogP contribution in [-0.2, 0) is 10.9 Å². The van der Waals surface area contributed by atoms with Crippen LogP contribution < -0.4 is 20.5 Å². The van der Waals surface area contributed by atoms with Crippen molar-refractivity contribution in [1.82, 2.24) is 24.7 Å². The zero-order valence-corrected chi connectivity index (χ0v) is 21.5. The van der Waals surface area contributed by atoms with Gasteiger partial charge in [0.1, 0.15) is 0 Å². The largest absolute Gasteiger partial charge is 0.416 e. The Morgan fingerprint density at radius 1 is 1.00 bits per heavy atom. The number of anilines is 4. The van der Waals surface area contributed by atoms with E-state index in [9.17, 15) is 22.4 Å². The van der Waals surface area contributed by atoms with Crippen molar-refractivity contribution in [3.63, 3.8) is 0 Å². The van der Waals surface area contributed by atoms with Crippen LogP contribution in [-0.4, -0.2) is 65.1 Å². The Labute approximate surface area is 225 Å². The van der Waals surface area contributed by atoms with Crippen LogP contribution in [0.15, 0.2) is 59.8 Å². The second-order valence-corrected chi connectivity index (χ2v) is 9.13. The third-order valence-corrected chi connectivity index (χ3v) is 6.09. The number of alkyl halides is 3. The number of hydrogen-bond donors (Lipinski definition) is 1. The van der Waals surface area contributed by atoms with Gasteiger partial charge in [0.15, 0.2) is 17.3 Å². The van der Waals surface area contributed by atoms with Crippen molar-refractivity contribution in [1.29, 1.82) is 0 Å². The summed E-state index contributed by atoms with van der Waals surface area (Å²) in [6.45, 7) is 1.83. The average molecular weight is 557 g/mol. The fourth-order valence-electron chi connectivity index (χ4n) is 4.03. The number of morpholine rings is 1. The summed E-state index contributed by atoms with van der Waals surface area (Å²) in [7, 11) is 3.30. The van der Waals surface area contributed by atoms with Crippen molar-refractivity contribution >= 4 is 22.9 Å². The summed E-state index contributed by atoms with van der Waals surface area (Å²) in [6.07, 6.45) is -0.718. The maximum atomic E-state index is 14.5. The van der Waals surface area contributed by atoms with Crippen LogP contribution in [0.3, 0.4) is 0 Å². The van der Waals surface area contributed by atoms with Gasteiger partial charge in [0.05, 0.1) is 42.6 Å². The molecule has 208 valence electrons. The van der Waals surface area contributed by atoms with Crippen LogP contribution in [0.1, 0.15) is 5.56 Å². The normalized spacial score (nSPS) is 13.8. The molecule has 10 nitrogen and oxygen atoms in total. The molecule has 4 heterocycles. The highest BCUT2D eigenvalue weighted by molar-refractivity contribution is 5.67. The molecule has 0 atom stereocenters. The molecule has 1 aliphatic rings. The minimum Gasteiger partial charge on any atom is -0.378 e. The van der Waals surface area contributed by atoms with E-state index in [4.69, 9.17) is 4.74 Å². The Balaban J connectivity index is 1.41. The molecule has 0 aliphatic carbocycles. The highest BCUT2D eigenvalue weighted by Crippen LogP contribution is 2.35. The summed E-state index contributed by atoms with van der Waals surface area (Å²) in [5, 5.41) is 7.23. The number of rotatable bonds is 6. The molecule has 0 bridgehead atoms. The molecule has 1 aliphatic heterocycles. The maximum Gasteiger partial charge on any atom is 0.416 e. The number of hydrogen-bond acceptors (Lipinski definition) is 9. The lowest BCUT2D eigenvalue weighted by Crippen LogP contribution is -2.37. The molecule has 14 heteroatoms. The number of nitrogens with zero attached hydrogens (tertiary/aromatic N) is 7. The molecule has 3 aromatic heterocycles. The predicted octanol–water partition coefficient (Wildman–Crippen LogP) is 3.89. The summed E-state index contributed by atoms with van der Waals surface area (Å²) >= 11 is 0. The maximum absolute atomic E-state index is 14.5. The fraction of sp³-hybridized carbons (Fsp3) is 0.269. The molecule has 40 heavy (non-hydrogen) atoms. The summed E-state index contributed by atoms with van der Waals surface area (Å²) < 4.78 is 61.2. The van der Waals surface area contributed by atoms with E-state index in [1.807, 2.05) is 0 Å². The van der Waals surface area contributed by atoms with Crippen LogP contribution in [0, 0.1) is 5.82 Å². The van der Waals surface area contributed by atoms with E-state index in [0.29, 0.717) is 37.7 Å². The average Bonchev–Trinajstić information content (AvgIpc) is 2.94. The van der Waals surface area contributed by atoms with Gasteiger partial charge in [-0.15, -0.1) is 0 Å². The second-order valence-electron chi connectivity index (χ2n) is 9.13. The minimum atomic E-state index is -4.51. The van der Waals surface area contributed by atoms with Gasteiger partial charge < -0.3 is 19.9 Å². The lowest BCUT2D eigenvalue weighted by molar-refractivity contribution is -0.137. The topological polar surface area (TPSA) is 101 Å². The first-order valence-corrected chi connectivity index (χ1v) is 12.2. The van der Waals surface area contributed by atoms with E-state index in [2.05, 4.69) is 25.4 Å². The van der Waals surface area contributed by atoms with Crippen LogP contribution in [0.25, 0.3) is 17.3 Å². The molecule has 1 aromatic carbocycles. The number of ether oxygens (including phenoxy) is 1. The number of aromatic nitrogens is 5. The summed E-state index contributed by atoms with van der Waals surface area (Å²) in [5.74, 6) is -0.422. The molecule has 0 radical (unpaired) electrons. The minimum absolute atomic E-state index is 0.0103. The molecule has 0 spiro atoms. The van der Waals surface area contributed by atoms with E-state index < -0.39 is 23.0 Å². The number of pyridine rings is 1. The Hall–Kier alpha value is -4.59. The van der Waals surface area contributed by atoms with Gasteiger partial charge in [-0.05, 0) is 30.3 Å². The predicted molar refractivity (Wildman–Crippen MR) is 141 cm³/mol. The second kappa shape index (κ2) is 10.9. The van der Waals surface area contributed by atoms with Gasteiger partial charge in [-0.2, -0.15) is 23.3 Å². The van der Waals surface area contributed by atoms with E-state index in [0.717, 1.165) is 18.3 Å². The highest BCUT2D eigenvalue weighted by atomic mass is 19.4. The first kappa shape index (κ1) is 27.0. The quantitative estimate of drug-likeness (QED) is 0.355. The lowest BCUT2D eigenvalue weighted by Gasteiger charge is -2.28. The Morgan fingerprint density at radius 2 is 1.77 bits per heavy atom. The monoisotopic (exact) mass is 556 g/mol. The van der Waals surface area contributed by atoms with Gasteiger partial charge in [0.25, 0.3) is 5.95 Å². The zero-order valence-electron chi connectivity index (χ0n) is 21.5. The molecule has 4 aromatic rings. The third kappa shape index (κ3) is 5.86. The Kier molecular flexibility index (Phi) is 7.34. The fourth-order valence-corrected chi connectivity index (χ4v) is 4.03. The number of benzene rings is 1. The van der Waals surface area contributed by atoms with Crippen LogP contribution in [0.4, 0.5) is 40.4 Å². The first-order chi connectivity index (χ1) is 19.1. The van der Waals surface area contributed by atoms with E-state index >= 15 is 0 Å². The molecule has 1 fully saturated rings. The van der Waals surface area contributed by atoms with Gasteiger partial charge in [-0.25, -0.2) is 14.1 Å². The molecule has 0 unspecified atom stereocenters. The summed E-state index contributed by atoms with van der Waals surface area (Å²) in [5.41, 5.74) is -0.00929. The van der Waals surface area contributed by atoms with Gasteiger partial charge in [-0.1, -0.05) is 0 Å². The molecular weight excluding hydrogens is 532 g/mol. The van der Waals surface area contributed by atoms with Gasteiger partial charge in [-0.3, -0.25) is 9.78 Å². The van der Waals surface area contributed by atoms with Crippen molar-refractivity contribution in [2.45, 2.75) is 6.18 Å². The SMILES string of the molecule is CN(C)c1cc(Nc2ccc(-c3nn(-c4ncc(F)c(N5CCOCC5)n4)ccc3=O)nc2)cc(C(F)(F)F)c1. The smallest absolute Gasteiger partial charge is 0.378 e. The van der Waals surface area contributed by atoms with Crippen molar-refractivity contribution in [3.8, 4) is 17.3 Å².